The molecule has 0 spiro atoms. The van der Waals surface area contributed by atoms with Crippen molar-refractivity contribution in [1.82, 2.24) is 4.90 Å². The zero-order valence-corrected chi connectivity index (χ0v) is 15.0. The maximum absolute atomic E-state index is 6.15. The molecule has 2 saturated heterocycles. The molecular formula is C14H19ClN2OZn. The second-order valence-corrected chi connectivity index (χ2v) is 5.86. The van der Waals surface area contributed by atoms with Gasteiger partial charge in [0.05, 0.1) is 5.02 Å². The summed E-state index contributed by atoms with van der Waals surface area (Å²) in [6.07, 6.45) is 5.11. The summed E-state index contributed by atoms with van der Waals surface area (Å²) < 4.78 is 6.06. The van der Waals surface area contributed by atoms with Crippen LogP contribution in [0.25, 0.3) is 0 Å². The van der Waals surface area contributed by atoms with E-state index in [-0.39, 0.29) is 19.5 Å². The Hall–Kier alpha value is -0.307. The summed E-state index contributed by atoms with van der Waals surface area (Å²) >= 11 is 6.15. The van der Waals surface area contributed by atoms with Crippen molar-refractivity contribution in [3.8, 4) is 5.75 Å². The van der Waals surface area contributed by atoms with Crippen LogP contribution in [-0.4, -0.2) is 30.1 Å². The average molecular weight is 332 g/mol. The molecule has 5 heteroatoms. The van der Waals surface area contributed by atoms with Crippen LogP contribution in [0.4, 0.5) is 5.69 Å². The number of ether oxygens (including phenoxy) is 1. The van der Waals surface area contributed by atoms with Crippen LogP contribution in [0, 0.1) is 0 Å². The summed E-state index contributed by atoms with van der Waals surface area (Å²) in [4.78, 5) is 2.50. The zero-order valence-electron chi connectivity index (χ0n) is 11.3. The van der Waals surface area contributed by atoms with E-state index in [0.717, 1.165) is 18.6 Å². The molecule has 19 heavy (non-hydrogen) atoms. The van der Waals surface area contributed by atoms with Gasteiger partial charge in [0, 0.05) is 37.2 Å². The van der Waals surface area contributed by atoms with Gasteiger partial charge in [-0.1, -0.05) is 11.6 Å². The summed E-state index contributed by atoms with van der Waals surface area (Å²) in [7, 11) is 2.23. The summed E-state index contributed by atoms with van der Waals surface area (Å²) in [6.45, 7) is 0. The average Bonchev–Trinajstić information content (AvgIpc) is 2.57. The first kappa shape index (κ1) is 15.1. The monoisotopic (exact) mass is 330 g/mol. The van der Waals surface area contributed by atoms with Crippen LogP contribution >= 0.6 is 11.6 Å². The van der Waals surface area contributed by atoms with E-state index in [1.165, 1.54) is 12.8 Å². The van der Waals surface area contributed by atoms with E-state index in [2.05, 4.69) is 11.9 Å². The van der Waals surface area contributed by atoms with Gasteiger partial charge in [-0.2, -0.15) is 0 Å². The molecule has 2 fully saturated rings. The van der Waals surface area contributed by atoms with Gasteiger partial charge in [0.25, 0.3) is 0 Å². The fraction of sp³-hybridized carbons (Fsp3) is 0.571. The van der Waals surface area contributed by atoms with Crippen molar-refractivity contribution >= 4 is 17.3 Å². The first-order chi connectivity index (χ1) is 8.63. The first-order valence-electron chi connectivity index (χ1n) is 6.57. The SMILES string of the molecule is CN1[C@@H]2CC[C@H]1C[C@@H](Oc1ccc(N)cc1Cl)C2.[Zn]. The number of rotatable bonds is 2. The second kappa shape index (κ2) is 5.99. The van der Waals surface area contributed by atoms with E-state index >= 15 is 0 Å². The predicted molar refractivity (Wildman–Crippen MR) is 74.1 cm³/mol. The Balaban J connectivity index is 0.00000133. The minimum absolute atomic E-state index is 0. The Morgan fingerprint density at radius 3 is 2.47 bits per heavy atom. The molecule has 3 atom stereocenters. The minimum Gasteiger partial charge on any atom is -0.489 e. The van der Waals surface area contributed by atoms with Gasteiger partial charge in [0.15, 0.2) is 0 Å². The Morgan fingerprint density at radius 2 is 1.89 bits per heavy atom. The molecule has 3 nitrogen and oxygen atoms in total. The normalized spacial score (nSPS) is 29.9. The number of halogens is 1. The van der Waals surface area contributed by atoms with Crippen molar-refractivity contribution < 1.29 is 24.2 Å². The molecule has 0 aromatic heterocycles. The molecule has 2 aliphatic heterocycles. The van der Waals surface area contributed by atoms with Gasteiger partial charge < -0.3 is 15.4 Å². The quantitative estimate of drug-likeness (QED) is 0.669. The van der Waals surface area contributed by atoms with E-state index in [0.29, 0.717) is 28.9 Å². The zero-order chi connectivity index (χ0) is 12.7. The third kappa shape index (κ3) is 3.07. The molecule has 3 rings (SSSR count). The molecule has 0 aliphatic carbocycles. The van der Waals surface area contributed by atoms with Crippen LogP contribution in [0.2, 0.25) is 5.02 Å². The molecule has 1 aromatic rings. The molecule has 2 N–H and O–H groups in total. The van der Waals surface area contributed by atoms with Crippen molar-refractivity contribution in [2.75, 3.05) is 12.8 Å². The molecular weight excluding hydrogens is 313 g/mol. The Kier molecular flexibility index (Phi) is 4.76. The number of benzene rings is 1. The van der Waals surface area contributed by atoms with Gasteiger partial charge in [-0.15, -0.1) is 0 Å². The summed E-state index contributed by atoms with van der Waals surface area (Å²) in [5.41, 5.74) is 6.36. The van der Waals surface area contributed by atoms with Gasteiger partial charge in [-0.25, -0.2) is 0 Å². The molecule has 2 aliphatic rings. The van der Waals surface area contributed by atoms with Crippen LogP contribution < -0.4 is 10.5 Å². The van der Waals surface area contributed by atoms with Gasteiger partial charge in [-0.3, -0.25) is 0 Å². The Morgan fingerprint density at radius 1 is 1.26 bits per heavy atom. The van der Waals surface area contributed by atoms with Crippen LogP contribution in [0.1, 0.15) is 25.7 Å². The molecule has 0 radical (unpaired) electrons. The van der Waals surface area contributed by atoms with Crippen molar-refractivity contribution in [2.45, 2.75) is 43.9 Å². The first-order valence-corrected chi connectivity index (χ1v) is 6.95. The van der Waals surface area contributed by atoms with E-state index in [4.69, 9.17) is 22.1 Å². The van der Waals surface area contributed by atoms with Crippen LogP contribution in [-0.2, 0) is 19.5 Å². The van der Waals surface area contributed by atoms with Crippen LogP contribution in [0.3, 0.4) is 0 Å². The maximum atomic E-state index is 6.15. The van der Waals surface area contributed by atoms with Gasteiger partial charge >= 0.3 is 0 Å². The van der Waals surface area contributed by atoms with E-state index < -0.39 is 0 Å². The number of fused-ring (bicyclic) bond motifs is 2. The third-order valence-electron chi connectivity index (χ3n) is 4.30. The Labute approximate surface area is 132 Å². The van der Waals surface area contributed by atoms with Crippen molar-refractivity contribution in [1.29, 1.82) is 0 Å². The number of nitrogens with zero attached hydrogens (tertiary/aromatic N) is 1. The predicted octanol–water partition coefficient (Wildman–Crippen LogP) is 2.92. The summed E-state index contributed by atoms with van der Waals surface area (Å²) in [6, 6.07) is 6.82. The van der Waals surface area contributed by atoms with Crippen molar-refractivity contribution in [2.24, 2.45) is 0 Å². The van der Waals surface area contributed by atoms with Gasteiger partial charge in [0.2, 0.25) is 0 Å². The molecule has 1 aromatic carbocycles. The van der Waals surface area contributed by atoms with E-state index in [1.54, 1.807) is 6.07 Å². The number of nitrogens with two attached hydrogens (primary N) is 1. The van der Waals surface area contributed by atoms with Crippen LogP contribution in [0.15, 0.2) is 18.2 Å². The number of hydrogen-bond donors (Lipinski definition) is 1. The molecule has 0 amide bonds. The maximum Gasteiger partial charge on any atom is 0.138 e. The number of anilines is 1. The fourth-order valence-corrected chi connectivity index (χ4v) is 3.48. The summed E-state index contributed by atoms with van der Waals surface area (Å²) in [5.74, 6) is 0.764. The Bertz CT molecular complexity index is 443. The van der Waals surface area contributed by atoms with Gasteiger partial charge in [0.1, 0.15) is 11.9 Å². The number of nitrogen functional groups attached to an aromatic ring is 1. The van der Waals surface area contributed by atoms with Crippen molar-refractivity contribution in [3.05, 3.63) is 23.2 Å². The largest absolute Gasteiger partial charge is 0.489 e. The standard InChI is InChI=1S/C14H19ClN2O.Zn/c1-17-10-3-4-11(17)8-12(7-10)18-14-5-2-9(16)6-13(14)15;/h2,5-6,10-12H,3-4,7-8,16H2,1H3;/t10-,11+,12+;. The van der Waals surface area contributed by atoms with Crippen molar-refractivity contribution in [3.63, 3.8) is 0 Å². The smallest absolute Gasteiger partial charge is 0.138 e. The molecule has 100 valence electrons. The van der Waals surface area contributed by atoms with Crippen LogP contribution in [0.5, 0.6) is 5.75 Å². The number of hydrogen-bond acceptors (Lipinski definition) is 3. The molecule has 2 heterocycles. The second-order valence-electron chi connectivity index (χ2n) is 5.45. The fourth-order valence-electron chi connectivity index (χ4n) is 3.25. The van der Waals surface area contributed by atoms with E-state index in [1.807, 2.05) is 12.1 Å². The topological polar surface area (TPSA) is 38.5 Å². The molecule has 0 saturated carbocycles. The third-order valence-corrected chi connectivity index (χ3v) is 4.60. The molecule has 2 bridgehead atoms. The van der Waals surface area contributed by atoms with E-state index in [9.17, 15) is 0 Å². The molecule has 0 unspecified atom stereocenters. The minimum atomic E-state index is 0. The number of piperidine rings is 1. The van der Waals surface area contributed by atoms with Gasteiger partial charge in [-0.05, 0) is 50.9 Å². The summed E-state index contributed by atoms with van der Waals surface area (Å²) in [5, 5.41) is 0.612.